The Kier molecular flexibility index (Phi) is 7.53. The van der Waals surface area contributed by atoms with Crippen LogP contribution in [0, 0.1) is 5.92 Å². The van der Waals surface area contributed by atoms with Crippen LogP contribution >= 0.6 is 12.2 Å². The summed E-state index contributed by atoms with van der Waals surface area (Å²) in [6.45, 7) is 7.52. The highest BCUT2D eigenvalue weighted by Gasteiger charge is 2.06. The second-order valence-electron chi connectivity index (χ2n) is 4.90. The van der Waals surface area contributed by atoms with E-state index in [4.69, 9.17) is 15.2 Å². The number of nitrogens with two attached hydrogens (primary N) is 1. The standard InChI is InChI=1S/C15H23N3O2S/c1-4-19-14-9-12(10-17-18-15(16)21)5-6-13(14)20-8-7-11(2)3/h5-6,9-11H,4,7-8H2,1-3H3,(H3,16,18,21). The molecular formula is C15H23N3O2S. The van der Waals surface area contributed by atoms with E-state index in [9.17, 15) is 0 Å². The molecule has 1 rings (SSSR count). The number of ether oxygens (including phenoxy) is 2. The molecule has 5 nitrogen and oxygen atoms in total. The minimum Gasteiger partial charge on any atom is -0.490 e. The zero-order valence-electron chi connectivity index (χ0n) is 12.8. The van der Waals surface area contributed by atoms with E-state index in [-0.39, 0.29) is 5.11 Å². The second kappa shape index (κ2) is 9.18. The van der Waals surface area contributed by atoms with Gasteiger partial charge in [-0.1, -0.05) is 13.8 Å². The van der Waals surface area contributed by atoms with Crippen LogP contribution < -0.4 is 20.6 Å². The summed E-state index contributed by atoms with van der Waals surface area (Å²) in [5.74, 6) is 2.07. The van der Waals surface area contributed by atoms with Crippen molar-refractivity contribution in [1.82, 2.24) is 5.43 Å². The lowest BCUT2D eigenvalue weighted by atomic mass is 10.1. The third kappa shape index (κ3) is 6.94. The Bertz CT molecular complexity index is 490. The van der Waals surface area contributed by atoms with Crippen LogP contribution in [-0.2, 0) is 0 Å². The van der Waals surface area contributed by atoms with E-state index in [0.29, 0.717) is 24.9 Å². The van der Waals surface area contributed by atoms with E-state index >= 15 is 0 Å². The Labute approximate surface area is 131 Å². The van der Waals surface area contributed by atoms with Gasteiger partial charge in [-0.2, -0.15) is 5.10 Å². The summed E-state index contributed by atoms with van der Waals surface area (Å²) in [5, 5.41) is 4.05. The van der Waals surface area contributed by atoms with Crippen molar-refractivity contribution in [2.75, 3.05) is 13.2 Å². The first kappa shape index (κ1) is 17.2. The molecule has 3 N–H and O–H groups in total. The van der Waals surface area contributed by atoms with Crippen LogP contribution in [0.1, 0.15) is 32.8 Å². The van der Waals surface area contributed by atoms with Crippen molar-refractivity contribution in [3.05, 3.63) is 23.8 Å². The molecule has 0 spiro atoms. The predicted octanol–water partition coefficient (Wildman–Crippen LogP) is 2.68. The molecule has 21 heavy (non-hydrogen) atoms. The average molecular weight is 309 g/mol. The fourth-order valence-electron chi connectivity index (χ4n) is 1.57. The summed E-state index contributed by atoms with van der Waals surface area (Å²) in [5.41, 5.74) is 8.69. The van der Waals surface area contributed by atoms with Crippen molar-refractivity contribution in [1.29, 1.82) is 0 Å². The lowest BCUT2D eigenvalue weighted by Gasteiger charge is -2.13. The van der Waals surface area contributed by atoms with E-state index in [1.807, 2.05) is 25.1 Å². The number of rotatable bonds is 8. The fourth-order valence-corrected chi connectivity index (χ4v) is 1.62. The third-order valence-electron chi connectivity index (χ3n) is 2.61. The van der Waals surface area contributed by atoms with E-state index in [1.54, 1.807) is 6.21 Å². The van der Waals surface area contributed by atoms with Gasteiger partial charge in [0.25, 0.3) is 0 Å². The average Bonchev–Trinajstić information content (AvgIpc) is 2.40. The molecule has 1 aromatic carbocycles. The van der Waals surface area contributed by atoms with Gasteiger partial charge >= 0.3 is 0 Å². The van der Waals surface area contributed by atoms with Crippen molar-refractivity contribution in [3.8, 4) is 11.5 Å². The summed E-state index contributed by atoms with van der Waals surface area (Å²) in [6, 6.07) is 5.66. The summed E-state index contributed by atoms with van der Waals surface area (Å²) in [4.78, 5) is 0. The smallest absolute Gasteiger partial charge is 0.184 e. The van der Waals surface area contributed by atoms with Gasteiger partial charge in [-0.05, 0) is 55.2 Å². The molecule has 0 aliphatic heterocycles. The molecule has 0 saturated heterocycles. The van der Waals surface area contributed by atoms with Crippen LogP contribution in [0.3, 0.4) is 0 Å². The van der Waals surface area contributed by atoms with Gasteiger partial charge in [0, 0.05) is 0 Å². The van der Waals surface area contributed by atoms with Gasteiger partial charge in [0.1, 0.15) is 0 Å². The molecular weight excluding hydrogens is 286 g/mol. The molecule has 0 unspecified atom stereocenters. The number of hydrazone groups is 1. The van der Waals surface area contributed by atoms with Gasteiger partial charge in [0.05, 0.1) is 19.4 Å². The highest BCUT2D eigenvalue weighted by molar-refractivity contribution is 7.80. The lowest BCUT2D eigenvalue weighted by molar-refractivity contribution is 0.261. The predicted molar refractivity (Wildman–Crippen MR) is 90.1 cm³/mol. The van der Waals surface area contributed by atoms with E-state index in [0.717, 1.165) is 17.7 Å². The SMILES string of the molecule is CCOc1cc(C=NNC(N)=S)ccc1OCCC(C)C. The molecule has 116 valence electrons. The summed E-state index contributed by atoms with van der Waals surface area (Å²) in [6.07, 6.45) is 2.63. The number of nitrogens with zero attached hydrogens (tertiary/aromatic N) is 1. The normalized spacial score (nSPS) is 10.9. The molecule has 0 bridgehead atoms. The topological polar surface area (TPSA) is 68.9 Å². The van der Waals surface area contributed by atoms with Crippen molar-refractivity contribution in [3.63, 3.8) is 0 Å². The molecule has 0 aliphatic carbocycles. The Morgan fingerprint density at radius 3 is 2.76 bits per heavy atom. The number of thiocarbonyl (C=S) groups is 1. The number of benzene rings is 1. The number of hydrogen-bond acceptors (Lipinski definition) is 4. The van der Waals surface area contributed by atoms with Crippen molar-refractivity contribution in [2.45, 2.75) is 27.2 Å². The third-order valence-corrected chi connectivity index (χ3v) is 2.70. The van der Waals surface area contributed by atoms with Crippen LogP contribution in [0.15, 0.2) is 23.3 Å². The molecule has 0 radical (unpaired) electrons. The molecule has 0 amide bonds. The molecule has 0 fully saturated rings. The number of hydrogen-bond donors (Lipinski definition) is 2. The van der Waals surface area contributed by atoms with Crippen LogP contribution in [0.4, 0.5) is 0 Å². The van der Waals surface area contributed by atoms with E-state index in [2.05, 4.69) is 36.6 Å². The van der Waals surface area contributed by atoms with Crippen LogP contribution in [0.2, 0.25) is 0 Å². The summed E-state index contributed by atoms with van der Waals surface area (Å²) in [7, 11) is 0. The minimum absolute atomic E-state index is 0.130. The van der Waals surface area contributed by atoms with Crippen LogP contribution in [0.5, 0.6) is 11.5 Å². The maximum Gasteiger partial charge on any atom is 0.184 e. The molecule has 0 atom stereocenters. The van der Waals surface area contributed by atoms with Gasteiger partial charge in [-0.3, -0.25) is 5.43 Å². The number of nitrogens with one attached hydrogen (secondary N) is 1. The van der Waals surface area contributed by atoms with Crippen molar-refractivity contribution < 1.29 is 9.47 Å². The largest absolute Gasteiger partial charge is 0.490 e. The first-order valence-corrected chi connectivity index (χ1v) is 7.42. The molecule has 0 aromatic heterocycles. The molecule has 0 heterocycles. The van der Waals surface area contributed by atoms with Gasteiger partial charge < -0.3 is 15.2 Å². The van der Waals surface area contributed by atoms with Gasteiger partial charge in [-0.25, -0.2) is 0 Å². The molecule has 1 aromatic rings. The molecule has 6 heteroatoms. The first-order chi connectivity index (χ1) is 10.0. The van der Waals surface area contributed by atoms with Crippen LogP contribution in [0.25, 0.3) is 0 Å². The Morgan fingerprint density at radius 2 is 2.14 bits per heavy atom. The van der Waals surface area contributed by atoms with E-state index in [1.165, 1.54) is 0 Å². The highest BCUT2D eigenvalue weighted by atomic mass is 32.1. The van der Waals surface area contributed by atoms with Crippen LogP contribution in [-0.4, -0.2) is 24.5 Å². The molecule has 0 saturated carbocycles. The second-order valence-corrected chi connectivity index (χ2v) is 5.34. The first-order valence-electron chi connectivity index (χ1n) is 7.01. The maximum atomic E-state index is 5.77. The lowest BCUT2D eigenvalue weighted by Crippen LogP contribution is -2.23. The Morgan fingerprint density at radius 1 is 1.38 bits per heavy atom. The van der Waals surface area contributed by atoms with Crippen molar-refractivity contribution >= 4 is 23.5 Å². The van der Waals surface area contributed by atoms with E-state index < -0.39 is 0 Å². The monoisotopic (exact) mass is 309 g/mol. The Hall–Kier alpha value is -1.82. The summed E-state index contributed by atoms with van der Waals surface area (Å²) >= 11 is 4.68. The van der Waals surface area contributed by atoms with Gasteiger partial charge in [0.2, 0.25) is 0 Å². The van der Waals surface area contributed by atoms with Gasteiger partial charge in [0.15, 0.2) is 16.6 Å². The zero-order chi connectivity index (χ0) is 15.7. The van der Waals surface area contributed by atoms with Gasteiger partial charge in [-0.15, -0.1) is 0 Å². The Balaban J connectivity index is 2.75. The molecule has 0 aliphatic rings. The quantitative estimate of drug-likeness (QED) is 0.439. The maximum absolute atomic E-state index is 5.77. The minimum atomic E-state index is 0.130. The highest BCUT2D eigenvalue weighted by Crippen LogP contribution is 2.28. The fraction of sp³-hybridized carbons (Fsp3) is 0.467. The van der Waals surface area contributed by atoms with Crippen molar-refractivity contribution in [2.24, 2.45) is 16.8 Å². The zero-order valence-corrected chi connectivity index (χ0v) is 13.6. The summed E-state index contributed by atoms with van der Waals surface area (Å²) < 4.78 is 11.4.